The van der Waals surface area contributed by atoms with E-state index in [2.05, 4.69) is 5.32 Å². The number of carbonyl (C=O) groups is 1. The summed E-state index contributed by atoms with van der Waals surface area (Å²) in [7, 11) is 0. The van der Waals surface area contributed by atoms with Crippen molar-refractivity contribution in [3.05, 3.63) is 28.3 Å². The SMILES string of the molecule is Cc1cc(OC(C)C)c(C)c(C)c1C(=O)N1CCNCC1. The predicted octanol–water partition coefficient (Wildman–Crippen LogP) is 2.44. The predicted molar refractivity (Wildman–Crippen MR) is 85.2 cm³/mol. The first-order valence-electron chi connectivity index (χ1n) is 7.69. The maximum absolute atomic E-state index is 12.8. The zero-order chi connectivity index (χ0) is 15.6. The highest BCUT2D eigenvalue weighted by molar-refractivity contribution is 5.97. The van der Waals surface area contributed by atoms with Crippen molar-refractivity contribution in [2.75, 3.05) is 26.2 Å². The van der Waals surface area contributed by atoms with E-state index in [0.717, 1.165) is 54.2 Å². The summed E-state index contributed by atoms with van der Waals surface area (Å²) in [4.78, 5) is 14.7. The van der Waals surface area contributed by atoms with Crippen molar-refractivity contribution in [2.24, 2.45) is 0 Å². The molecule has 0 aromatic heterocycles. The van der Waals surface area contributed by atoms with E-state index >= 15 is 0 Å². The van der Waals surface area contributed by atoms with Crippen molar-refractivity contribution < 1.29 is 9.53 Å². The van der Waals surface area contributed by atoms with Crippen LogP contribution in [-0.4, -0.2) is 43.1 Å². The molecule has 1 N–H and O–H groups in total. The van der Waals surface area contributed by atoms with Gasteiger partial charge in [0.15, 0.2) is 0 Å². The van der Waals surface area contributed by atoms with Gasteiger partial charge in [-0.05, 0) is 57.4 Å². The Bertz CT molecular complexity index is 532. The Labute approximate surface area is 127 Å². The quantitative estimate of drug-likeness (QED) is 0.929. The summed E-state index contributed by atoms with van der Waals surface area (Å²) in [5.41, 5.74) is 3.93. The van der Waals surface area contributed by atoms with Gasteiger partial charge in [0.1, 0.15) is 5.75 Å². The van der Waals surface area contributed by atoms with Gasteiger partial charge in [0.2, 0.25) is 0 Å². The van der Waals surface area contributed by atoms with Crippen LogP contribution in [0.4, 0.5) is 0 Å². The van der Waals surface area contributed by atoms with Gasteiger partial charge in [-0.1, -0.05) is 0 Å². The van der Waals surface area contributed by atoms with Crippen LogP contribution in [0.1, 0.15) is 40.9 Å². The smallest absolute Gasteiger partial charge is 0.254 e. The summed E-state index contributed by atoms with van der Waals surface area (Å²) in [6.45, 7) is 13.4. The van der Waals surface area contributed by atoms with E-state index in [1.165, 1.54) is 0 Å². The first-order chi connectivity index (χ1) is 9.91. The van der Waals surface area contributed by atoms with Crippen LogP contribution < -0.4 is 10.1 Å². The summed E-state index contributed by atoms with van der Waals surface area (Å²) in [6, 6.07) is 2.00. The molecule has 1 amide bonds. The van der Waals surface area contributed by atoms with Gasteiger partial charge in [-0.2, -0.15) is 0 Å². The molecule has 1 aliphatic heterocycles. The monoisotopic (exact) mass is 290 g/mol. The van der Waals surface area contributed by atoms with Crippen LogP contribution in [0.2, 0.25) is 0 Å². The molecule has 4 nitrogen and oxygen atoms in total. The number of hydrogen-bond donors (Lipinski definition) is 1. The largest absolute Gasteiger partial charge is 0.491 e. The average Bonchev–Trinajstić information content (AvgIpc) is 2.45. The van der Waals surface area contributed by atoms with Crippen molar-refractivity contribution in [3.8, 4) is 5.75 Å². The van der Waals surface area contributed by atoms with Crippen LogP contribution in [0.3, 0.4) is 0 Å². The van der Waals surface area contributed by atoms with E-state index in [0.29, 0.717) is 0 Å². The highest BCUT2D eigenvalue weighted by Gasteiger charge is 2.23. The van der Waals surface area contributed by atoms with Crippen molar-refractivity contribution in [2.45, 2.75) is 40.7 Å². The van der Waals surface area contributed by atoms with Crippen LogP contribution in [0.15, 0.2) is 6.07 Å². The molecule has 0 saturated carbocycles. The molecule has 0 bridgehead atoms. The summed E-state index contributed by atoms with van der Waals surface area (Å²) < 4.78 is 5.85. The first-order valence-corrected chi connectivity index (χ1v) is 7.69. The molecule has 0 aliphatic carbocycles. The molecular weight excluding hydrogens is 264 g/mol. The van der Waals surface area contributed by atoms with Crippen LogP contribution in [0.25, 0.3) is 0 Å². The number of rotatable bonds is 3. The topological polar surface area (TPSA) is 41.6 Å². The fourth-order valence-corrected chi connectivity index (χ4v) is 2.78. The molecule has 4 heteroatoms. The molecule has 1 saturated heterocycles. The number of amides is 1. The van der Waals surface area contributed by atoms with Gasteiger partial charge in [-0.25, -0.2) is 0 Å². The van der Waals surface area contributed by atoms with Gasteiger partial charge in [0.05, 0.1) is 6.10 Å². The molecule has 1 aromatic carbocycles. The highest BCUT2D eigenvalue weighted by atomic mass is 16.5. The minimum Gasteiger partial charge on any atom is -0.491 e. The zero-order valence-corrected chi connectivity index (χ0v) is 13.7. The Hall–Kier alpha value is -1.55. The molecule has 1 aliphatic rings. The van der Waals surface area contributed by atoms with Crippen LogP contribution >= 0.6 is 0 Å². The van der Waals surface area contributed by atoms with Crippen molar-refractivity contribution in [1.29, 1.82) is 0 Å². The number of hydrogen-bond acceptors (Lipinski definition) is 3. The molecule has 1 fully saturated rings. The number of ether oxygens (including phenoxy) is 1. The third-order valence-electron chi connectivity index (χ3n) is 4.03. The lowest BCUT2D eigenvalue weighted by atomic mass is 9.96. The summed E-state index contributed by atoms with van der Waals surface area (Å²) in [6.07, 6.45) is 0.136. The van der Waals surface area contributed by atoms with Gasteiger partial charge in [-0.15, -0.1) is 0 Å². The number of piperazine rings is 1. The van der Waals surface area contributed by atoms with E-state index in [1.807, 2.05) is 45.6 Å². The van der Waals surface area contributed by atoms with Crippen molar-refractivity contribution in [3.63, 3.8) is 0 Å². The standard InChI is InChI=1S/C17H26N2O2/c1-11(2)21-15-10-12(3)16(14(5)13(15)4)17(20)19-8-6-18-7-9-19/h10-11,18H,6-9H2,1-5H3. The normalized spacial score (nSPS) is 15.4. The van der Waals surface area contributed by atoms with E-state index in [1.54, 1.807) is 0 Å². The van der Waals surface area contributed by atoms with Crippen molar-refractivity contribution >= 4 is 5.91 Å². The molecule has 2 rings (SSSR count). The number of carbonyl (C=O) groups excluding carboxylic acids is 1. The van der Waals surface area contributed by atoms with Gasteiger partial charge in [0, 0.05) is 31.7 Å². The third kappa shape index (κ3) is 3.38. The van der Waals surface area contributed by atoms with Gasteiger partial charge in [-0.3, -0.25) is 4.79 Å². The van der Waals surface area contributed by atoms with E-state index < -0.39 is 0 Å². The Kier molecular flexibility index (Phi) is 4.88. The highest BCUT2D eigenvalue weighted by Crippen LogP contribution is 2.29. The fourth-order valence-electron chi connectivity index (χ4n) is 2.78. The maximum atomic E-state index is 12.8. The lowest BCUT2D eigenvalue weighted by Gasteiger charge is -2.29. The molecule has 1 aromatic rings. The summed E-state index contributed by atoms with van der Waals surface area (Å²) >= 11 is 0. The van der Waals surface area contributed by atoms with Gasteiger partial charge < -0.3 is 15.0 Å². The Balaban J connectivity index is 2.35. The Morgan fingerprint density at radius 1 is 1.19 bits per heavy atom. The minimum atomic E-state index is 0.136. The molecule has 116 valence electrons. The zero-order valence-electron chi connectivity index (χ0n) is 13.7. The van der Waals surface area contributed by atoms with Crippen LogP contribution in [-0.2, 0) is 0 Å². The lowest BCUT2D eigenvalue weighted by Crippen LogP contribution is -2.46. The average molecular weight is 290 g/mol. The molecule has 0 atom stereocenters. The van der Waals surface area contributed by atoms with Crippen molar-refractivity contribution in [1.82, 2.24) is 10.2 Å². The molecule has 0 radical (unpaired) electrons. The van der Waals surface area contributed by atoms with E-state index in [4.69, 9.17) is 4.74 Å². The second kappa shape index (κ2) is 6.48. The summed E-state index contributed by atoms with van der Waals surface area (Å²) in [5.74, 6) is 1.03. The maximum Gasteiger partial charge on any atom is 0.254 e. The lowest BCUT2D eigenvalue weighted by molar-refractivity contribution is 0.0734. The van der Waals surface area contributed by atoms with E-state index in [-0.39, 0.29) is 12.0 Å². The fraction of sp³-hybridized carbons (Fsp3) is 0.588. The molecule has 21 heavy (non-hydrogen) atoms. The molecule has 0 unspecified atom stereocenters. The number of aryl methyl sites for hydroxylation is 1. The second-order valence-electron chi connectivity index (χ2n) is 6.03. The number of nitrogens with one attached hydrogen (secondary N) is 1. The second-order valence-corrected chi connectivity index (χ2v) is 6.03. The first kappa shape index (κ1) is 15.8. The van der Waals surface area contributed by atoms with Crippen LogP contribution in [0, 0.1) is 20.8 Å². The van der Waals surface area contributed by atoms with Gasteiger partial charge >= 0.3 is 0 Å². The molecule has 0 spiro atoms. The third-order valence-corrected chi connectivity index (χ3v) is 4.03. The van der Waals surface area contributed by atoms with Crippen LogP contribution in [0.5, 0.6) is 5.75 Å². The summed E-state index contributed by atoms with van der Waals surface area (Å²) in [5, 5.41) is 3.28. The molecular formula is C17H26N2O2. The minimum absolute atomic E-state index is 0.136. The molecule has 1 heterocycles. The van der Waals surface area contributed by atoms with Gasteiger partial charge in [0.25, 0.3) is 5.91 Å². The van der Waals surface area contributed by atoms with E-state index in [9.17, 15) is 4.79 Å². The number of nitrogens with zero attached hydrogens (tertiary/aromatic N) is 1. The Morgan fingerprint density at radius 3 is 2.38 bits per heavy atom. The Morgan fingerprint density at radius 2 is 1.81 bits per heavy atom. The number of benzene rings is 1.